The van der Waals surface area contributed by atoms with E-state index >= 15 is 0 Å². The van der Waals surface area contributed by atoms with Gasteiger partial charge in [0.2, 0.25) is 0 Å². The maximum atomic E-state index is 11.8. The molecule has 28 heteroatoms. The SMILES string of the molecule is C.C[C@H](CCC(OC1OC(COC2OC(CO)C(O)C(O)C2O)C(O)C(O)C1OC1OC(CO)C(O)C(O)C1O)C(C)(C)O)[C@H]1CC[C@@]2(C)C3CC=C4C(CC[C@H](OC5OC(COC6OC(CO)C(O)C(O)C6O)C(O)C(O)C5O)C4(C)C)[C@]3(C)CC[C@]12C. The first-order chi connectivity index (χ1) is 41.2. The van der Waals surface area contributed by atoms with Gasteiger partial charge in [0, 0.05) is 5.41 Å². The predicted molar refractivity (Wildman–Crippen MR) is 306 cm³/mol. The van der Waals surface area contributed by atoms with E-state index < -0.39 is 210 Å². The number of hydrogen-bond donors (Lipinski definition) is 18. The average molecular weight is 1290 g/mol. The van der Waals surface area contributed by atoms with Crippen LogP contribution in [0.25, 0.3) is 0 Å². The highest BCUT2D eigenvalue weighted by molar-refractivity contribution is 5.30. The van der Waals surface area contributed by atoms with Gasteiger partial charge in [0.25, 0.3) is 0 Å². The predicted octanol–water partition coefficient (Wildman–Crippen LogP) is -3.74. The lowest BCUT2D eigenvalue weighted by Gasteiger charge is -2.66. The summed E-state index contributed by atoms with van der Waals surface area (Å²) in [5.74, 6) is 0.828. The monoisotopic (exact) mass is 1290 g/mol. The molecule has 0 aromatic rings. The maximum Gasteiger partial charge on any atom is 0.187 e. The molecule has 89 heavy (non-hydrogen) atoms. The molecule has 3 saturated carbocycles. The van der Waals surface area contributed by atoms with E-state index in [2.05, 4.69) is 47.6 Å². The first-order valence-corrected chi connectivity index (χ1v) is 31.5. The zero-order chi connectivity index (χ0) is 64.7. The second-order valence-electron chi connectivity index (χ2n) is 28.6. The van der Waals surface area contributed by atoms with Crippen molar-refractivity contribution in [2.45, 2.75) is 292 Å². The van der Waals surface area contributed by atoms with Crippen molar-refractivity contribution in [3.05, 3.63) is 11.6 Å². The number of fused-ring (bicyclic) bond motifs is 5. The van der Waals surface area contributed by atoms with Gasteiger partial charge in [-0.15, -0.1) is 0 Å². The summed E-state index contributed by atoms with van der Waals surface area (Å²) < 4.78 is 59.5. The summed E-state index contributed by atoms with van der Waals surface area (Å²) in [6.07, 6.45) is -33.6. The van der Waals surface area contributed by atoms with Crippen LogP contribution in [0.15, 0.2) is 11.6 Å². The lowest BCUT2D eigenvalue weighted by molar-refractivity contribution is -0.380. The molecule has 0 spiro atoms. The standard InChI is InChI=1S/C60H102O28.CH4/c1-24(9-13-35(57(4,5)78)87-55-50(88-54-49(77)43(71)38(66)30(21-63)83-54)45(73)40(68)32(85-55)23-80-52-47(75)42(70)37(65)29(20-62)82-52)25-15-16-60(8)33-12-10-26-27(58(33,6)17-18-59(25,60)7)11-14-34(56(26,2)3)86-53-48(76)44(72)39(67)31(84-53)22-79-51-46(74)41(69)36(64)28(19-61)81-51;/h10,24-25,27-55,61-78H,9,11-23H2,1-8H3;1H4/t24-,25-,27?,28?,29?,30?,31?,32?,33?,34+,35?,36?,37?,38?,39?,40?,41?,42?,43?,44?,45?,46?,47?,48?,49?,50?,51?,52?,53?,54?,55?,58+,59-,60+;/m1./s1. The Morgan fingerprint density at radius 1 is 0.506 bits per heavy atom. The highest BCUT2D eigenvalue weighted by Gasteiger charge is 2.68. The molecule has 34 atom stereocenters. The van der Waals surface area contributed by atoms with E-state index in [-0.39, 0.29) is 47.8 Å². The average Bonchev–Trinajstić information content (AvgIpc) is 1.68. The van der Waals surface area contributed by atoms with Crippen LogP contribution in [0.2, 0.25) is 0 Å². The molecule has 28 nitrogen and oxygen atoms in total. The van der Waals surface area contributed by atoms with Crippen molar-refractivity contribution in [2.75, 3.05) is 33.0 Å². The fraction of sp³-hybridized carbons (Fsp3) is 0.967. The number of rotatable bonds is 20. The van der Waals surface area contributed by atoms with Gasteiger partial charge in [-0.05, 0) is 112 Å². The molecule has 5 heterocycles. The Bertz CT molecular complexity index is 2310. The summed E-state index contributed by atoms with van der Waals surface area (Å²) in [7, 11) is 0. The normalized spacial score (nSPS) is 50.8. The van der Waals surface area contributed by atoms with Gasteiger partial charge in [-0.2, -0.15) is 0 Å². The van der Waals surface area contributed by atoms with E-state index in [9.17, 15) is 91.9 Å². The van der Waals surface area contributed by atoms with Crippen LogP contribution < -0.4 is 0 Å². The van der Waals surface area contributed by atoms with Crippen LogP contribution in [-0.2, 0) is 47.4 Å². The van der Waals surface area contributed by atoms with Crippen molar-refractivity contribution < 1.29 is 139 Å². The molecule has 518 valence electrons. The minimum Gasteiger partial charge on any atom is -0.394 e. The smallest absolute Gasteiger partial charge is 0.187 e. The fourth-order valence-corrected chi connectivity index (χ4v) is 17.0. The van der Waals surface area contributed by atoms with Gasteiger partial charge in [0.15, 0.2) is 31.5 Å². The Morgan fingerprint density at radius 2 is 0.944 bits per heavy atom. The molecule has 9 aliphatic rings. The molecule has 0 bridgehead atoms. The van der Waals surface area contributed by atoms with Gasteiger partial charge in [-0.1, -0.05) is 60.6 Å². The summed E-state index contributed by atoms with van der Waals surface area (Å²) in [5.41, 5.74) is -1.21. The number of aliphatic hydroxyl groups excluding tert-OH is 17. The van der Waals surface area contributed by atoms with Gasteiger partial charge >= 0.3 is 0 Å². The summed E-state index contributed by atoms with van der Waals surface area (Å²) in [6, 6.07) is 0. The van der Waals surface area contributed by atoms with Crippen LogP contribution in [0.4, 0.5) is 0 Å². The van der Waals surface area contributed by atoms with Crippen molar-refractivity contribution >= 4 is 0 Å². The molecule has 4 aliphatic carbocycles. The fourth-order valence-electron chi connectivity index (χ4n) is 17.0. The van der Waals surface area contributed by atoms with Gasteiger partial charge in [0.1, 0.15) is 122 Å². The molecule has 8 fully saturated rings. The highest BCUT2D eigenvalue weighted by atomic mass is 16.8. The Kier molecular flexibility index (Phi) is 23.4. The quantitative estimate of drug-likeness (QED) is 0.0521. The van der Waals surface area contributed by atoms with Gasteiger partial charge in [0.05, 0.1) is 50.8 Å². The van der Waals surface area contributed by atoms with Crippen LogP contribution in [0.3, 0.4) is 0 Å². The van der Waals surface area contributed by atoms with Crippen molar-refractivity contribution in [3.63, 3.8) is 0 Å². The van der Waals surface area contributed by atoms with Gasteiger partial charge < -0.3 is 139 Å². The van der Waals surface area contributed by atoms with Crippen molar-refractivity contribution in [2.24, 2.45) is 45.3 Å². The topological polar surface area (TPSA) is 456 Å². The minimum absolute atomic E-state index is 0. The minimum atomic E-state index is -1.93. The molecule has 0 aromatic heterocycles. The first-order valence-electron chi connectivity index (χ1n) is 31.5. The molecular formula is C61H106O28. The van der Waals surface area contributed by atoms with Crippen LogP contribution in [-0.4, -0.2) is 296 Å². The maximum absolute atomic E-state index is 11.8. The highest BCUT2D eigenvalue weighted by Crippen LogP contribution is 2.75. The second kappa shape index (κ2) is 28.4. The largest absolute Gasteiger partial charge is 0.394 e. The lowest BCUT2D eigenvalue weighted by atomic mass is 9.39. The molecule has 0 radical (unpaired) electrons. The molecule has 5 saturated heterocycles. The summed E-state index contributed by atoms with van der Waals surface area (Å²) in [4.78, 5) is 0. The van der Waals surface area contributed by atoms with Crippen LogP contribution in [0.5, 0.6) is 0 Å². The third-order valence-corrected chi connectivity index (χ3v) is 22.8. The summed E-state index contributed by atoms with van der Waals surface area (Å²) in [6.45, 7) is 13.5. The lowest BCUT2D eigenvalue weighted by Crippen LogP contribution is -2.65. The number of hydrogen-bond acceptors (Lipinski definition) is 28. The summed E-state index contributed by atoms with van der Waals surface area (Å²) in [5, 5.41) is 192. The molecule has 5 aliphatic heterocycles. The van der Waals surface area contributed by atoms with Crippen LogP contribution >= 0.6 is 0 Å². The van der Waals surface area contributed by atoms with E-state index in [4.69, 9.17) is 47.4 Å². The zero-order valence-corrected chi connectivity index (χ0v) is 51.5. The number of aliphatic hydroxyl groups is 18. The third kappa shape index (κ3) is 13.6. The van der Waals surface area contributed by atoms with Gasteiger partial charge in [-0.25, -0.2) is 0 Å². The number of allylic oxidation sites excluding steroid dienone is 1. The molecule has 28 unspecified atom stereocenters. The van der Waals surface area contributed by atoms with E-state index in [1.54, 1.807) is 13.8 Å². The van der Waals surface area contributed by atoms with Crippen LogP contribution in [0.1, 0.15) is 121 Å². The van der Waals surface area contributed by atoms with E-state index in [0.29, 0.717) is 18.8 Å². The van der Waals surface area contributed by atoms with E-state index in [1.807, 2.05) is 0 Å². The third-order valence-electron chi connectivity index (χ3n) is 22.8. The first kappa shape index (κ1) is 73.4. The van der Waals surface area contributed by atoms with E-state index in [0.717, 1.165) is 38.5 Å². The van der Waals surface area contributed by atoms with Crippen LogP contribution in [0, 0.1) is 45.3 Å². The zero-order valence-electron chi connectivity index (χ0n) is 51.5. The molecule has 0 amide bonds. The van der Waals surface area contributed by atoms with E-state index in [1.165, 1.54) is 5.57 Å². The Morgan fingerprint density at radius 3 is 1.44 bits per heavy atom. The Hall–Kier alpha value is -1.38. The number of ether oxygens (including phenoxy) is 10. The second-order valence-corrected chi connectivity index (χ2v) is 28.6. The molecule has 18 N–H and O–H groups in total. The van der Waals surface area contributed by atoms with Crippen molar-refractivity contribution in [3.8, 4) is 0 Å². The molecular weight excluding hydrogens is 1180 g/mol. The summed E-state index contributed by atoms with van der Waals surface area (Å²) >= 11 is 0. The molecule has 0 aromatic carbocycles. The Labute approximate surface area is 519 Å². The molecule has 9 rings (SSSR count). The Balaban J connectivity index is 0.0000102. The van der Waals surface area contributed by atoms with Crippen molar-refractivity contribution in [1.82, 2.24) is 0 Å². The van der Waals surface area contributed by atoms with Crippen molar-refractivity contribution in [1.29, 1.82) is 0 Å². The van der Waals surface area contributed by atoms with Gasteiger partial charge in [-0.3, -0.25) is 0 Å².